The highest BCUT2D eigenvalue weighted by atomic mass is 16.6. The van der Waals surface area contributed by atoms with Crippen molar-refractivity contribution in [3.05, 3.63) is 12.2 Å². The number of rotatable bonds is 7. The molecule has 1 N–H and O–H groups in total. The second-order valence-electron chi connectivity index (χ2n) is 4.69. The van der Waals surface area contributed by atoms with Crippen molar-refractivity contribution in [2.45, 2.75) is 70.5 Å². The molecule has 1 rings (SSSR count). The third-order valence-electron chi connectivity index (χ3n) is 3.10. The van der Waals surface area contributed by atoms with Gasteiger partial charge in [-0.15, -0.1) is 0 Å². The largest absolute Gasteiger partial charge is 0.460 e. The maximum atomic E-state index is 11.1. The van der Waals surface area contributed by atoms with Crippen LogP contribution >= 0.6 is 0 Å². The van der Waals surface area contributed by atoms with Crippen molar-refractivity contribution in [2.75, 3.05) is 0 Å². The van der Waals surface area contributed by atoms with Gasteiger partial charge >= 0.3 is 5.97 Å². The van der Waals surface area contributed by atoms with Crippen molar-refractivity contribution >= 4 is 5.97 Å². The second kappa shape index (κ2) is 8.29. The Bertz CT molecular complexity index is 248. The summed E-state index contributed by atoms with van der Waals surface area (Å²) in [5.74, 6) is -0.174. The Hall–Kier alpha value is -0.830. The fourth-order valence-electron chi connectivity index (χ4n) is 2.02. The minimum Gasteiger partial charge on any atom is -0.460 e. The monoisotopic (exact) mass is 240 g/mol. The SMILES string of the molecule is CCCCC/C=C\CC(O)C1CCCC(=O)O1. The third kappa shape index (κ3) is 5.87. The Labute approximate surface area is 104 Å². The smallest absolute Gasteiger partial charge is 0.306 e. The van der Waals surface area contributed by atoms with Crippen LogP contribution in [0.25, 0.3) is 0 Å². The number of hydrogen-bond acceptors (Lipinski definition) is 3. The standard InChI is InChI=1S/C14H24O3/c1-2-3-4-5-6-7-9-12(15)13-10-8-11-14(16)17-13/h6-7,12-13,15H,2-5,8-11H2,1H3/b7-6-. The molecule has 0 saturated carbocycles. The number of esters is 1. The first-order chi connectivity index (χ1) is 8.24. The number of hydrogen-bond donors (Lipinski definition) is 1. The molecule has 2 unspecified atom stereocenters. The van der Waals surface area contributed by atoms with Gasteiger partial charge in [0.2, 0.25) is 0 Å². The van der Waals surface area contributed by atoms with Gasteiger partial charge in [-0.25, -0.2) is 0 Å². The number of unbranched alkanes of at least 4 members (excludes halogenated alkanes) is 3. The summed E-state index contributed by atoms with van der Waals surface area (Å²) in [5, 5.41) is 9.87. The number of carbonyl (C=O) groups excluding carboxylic acids is 1. The first-order valence-electron chi connectivity index (χ1n) is 6.76. The van der Waals surface area contributed by atoms with Crippen molar-refractivity contribution < 1.29 is 14.6 Å². The Balaban J connectivity index is 2.15. The van der Waals surface area contributed by atoms with Gasteiger partial charge in [0.05, 0.1) is 6.10 Å². The molecule has 0 amide bonds. The van der Waals surface area contributed by atoms with Gasteiger partial charge in [0.1, 0.15) is 6.10 Å². The lowest BCUT2D eigenvalue weighted by atomic mass is 10.0. The molecule has 17 heavy (non-hydrogen) atoms. The van der Waals surface area contributed by atoms with E-state index in [-0.39, 0.29) is 12.1 Å². The molecule has 98 valence electrons. The molecule has 1 aliphatic heterocycles. The summed E-state index contributed by atoms with van der Waals surface area (Å²) in [7, 11) is 0. The van der Waals surface area contributed by atoms with E-state index in [1.807, 2.05) is 6.08 Å². The summed E-state index contributed by atoms with van der Waals surface area (Å²) in [6, 6.07) is 0. The van der Waals surface area contributed by atoms with Crippen LogP contribution in [0.15, 0.2) is 12.2 Å². The molecule has 0 radical (unpaired) electrons. The fraction of sp³-hybridized carbons (Fsp3) is 0.786. The Kier molecular flexibility index (Phi) is 6.94. The summed E-state index contributed by atoms with van der Waals surface area (Å²) < 4.78 is 5.12. The minimum atomic E-state index is -0.540. The molecule has 1 aliphatic rings. The highest BCUT2D eigenvalue weighted by Crippen LogP contribution is 2.19. The van der Waals surface area contributed by atoms with Gasteiger partial charge in [0, 0.05) is 6.42 Å². The van der Waals surface area contributed by atoms with Crippen LogP contribution in [0.4, 0.5) is 0 Å². The van der Waals surface area contributed by atoms with Gasteiger partial charge < -0.3 is 9.84 Å². The predicted octanol–water partition coefficient (Wildman–Crippen LogP) is 2.97. The van der Waals surface area contributed by atoms with Crippen molar-refractivity contribution in [1.29, 1.82) is 0 Å². The quantitative estimate of drug-likeness (QED) is 0.423. The molecular formula is C14H24O3. The topological polar surface area (TPSA) is 46.5 Å². The first kappa shape index (κ1) is 14.2. The van der Waals surface area contributed by atoms with E-state index in [0.717, 1.165) is 19.3 Å². The number of allylic oxidation sites excluding steroid dienone is 1. The molecule has 1 heterocycles. The first-order valence-corrected chi connectivity index (χ1v) is 6.76. The second-order valence-corrected chi connectivity index (χ2v) is 4.69. The van der Waals surface area contributed by atoms with Gasteiger partial charge in [-0.3, -0.25) is 4.79 Å². The number of aliphatic hydroxyl groups is 1. The van der Waals surface area contributed by atoms with Crippen molar-refractivity contribution in [2.24, 2.45) is 0 Å². The van der Waals surface area contributed by atoms with Gasteiger partial charge in [0.15, 0.2) is 0 Å². The van der Waals surface area contributed by atoms with E-state index in [1.165, 1.54) is 19.3 Å². The van der Waals surface area contributed by atoms with Crippen molar-refractivity contribution in [1.82, 2.24) is 0 Å². The van der Waals surface area contributed by atoms with Crippen LogP contribution in [0.1, 0.15) is 58.3 Å². The lowest BCUT2D eigenvalue weighted by Gasteiger charge is -2.25. The number of carbonyl (C=O) groups is 1. The summed E-state index contributed by atoms with van der Waals surface area (Å²) in [6.07, 6.45) is 10.8. The molecule has 1 fully saturated rings. The van der Waals surface area contributed by atoms with Crippen LogP contribution in [0.2, 0.25) is 0 Å². The summed E-state index contributed by atoms with van der Waals surface area (Å²) in [4.78, 5) is 11.1. The highest BCUT2D eigenvalue weighted by molar-refractivity contribution is 5.70. The third-order valence-corrected chi connectivity index (χ3v) is 3.10. The van der Waals surface area contributed by atoms with Crippen LogP contribution in [0, 0.1) is 0 Å². The van der Waals surface area contributed by atoms with E-state index in [2.05, 4.69) is 13.0 Å². The molecule has 2 atom stereocenters. The van der Waals surface area contributed by atoms with E-state index in [4.69, 9.17) is 4.74 Å². The number of ether oxygens (including phenoxy) is 1. The fourth-order valence-corrected chi connectivity index (χ4v) is 2.02. The zero-order valence-electron chi connectivity index (χ0n) is 10.7. The van der Waals surface area contributed by atoms with E-state index in [0.29, 0.717) is 12.8 Å². The number of aliphatic hydroxyl groups excluding tert-OH is 1. The van der Waals surface area contributed by atoms with Gasteiger partial charge in [-0.2, -0.15) is 0 Å². The number of cyclic esters (lactones) is 1. The van der Waals surface area contributed by atoms with Gasteiger partial charge in [-0.1, -0.05) is 31.9 Å². The van der Waals surface area contributed by atoms with Crippen molar-refractivity contribution in [3.8, 4) is 0 Å². The molecule has 0 aromatic heterocycles. The minimum absolute atomic E-state index is 0.174. The molecule has 3 nitrogen and oxygen atoms in total. The highest BCUT2D eigenvalue weighted by Gasteiger charge is 2.26. The summed E-state index contributed by atoms with van der Waals surface area (Å²) in [6.45, 7) is 2.19. The van der Waals surface area contributed by atoms with Crippen LogP contribution in [0.3, 0.4) is 0 Å². The molecule has 1 saturated heterocycles. The average molecular weight is 240 g/mol. The predicted molar refractivity (Wildman–Crippen MR) is 67.6 cm³/mol. The molecule has 0 bridgehead atoms. The molecular weight excluding hydrogens is 216 g/mol. The Morgan fingerprint density at radius 2 is 2.29 bits per heavy atom. The van der Waals surface area contributed by atoms with Gasteiger partial charge in [0.25, 0.3) is 0 Å². The van der Waals surface area contributed by atoms with E-state index in [9.17, 15) is 9.90 Å². The van der Waals surface area contributed by atoms with E-state index in [1.54, 1.807) is 0 Å². The molecule has 0 spiro atoms. The molecule has 0 aromatic rings. The van der Waals surface area contributed by atoms with Gasteiger partial charge in [-0.05, 0) is 32.1 Å². The lowest BCUT2D eigenvalue weighted by molar-refractivity contribution is -0.160. The summed E-state index contributed by atoms with van der Waals surface area (Å²) in [5.41, 5.74) is 0. The molecule has 0 aliphatic carbocycles. The maximum Gasteiger partial charge on any atom is 0.306 e. The van der Waals surface area contributed by atoms with Crippen LogP contribution in [-0.4, -0.2) is 23.3 Å². The normalized spacial score (nSPS) is 22.7. The van der Waals surface area contributed by atoms with E-state index < -0.39 is 6.10 Å². The lowest BCUT2D eigenvalue weighted by Crippen LogP contribution is -2.34. The Morgan fingerprint density at radius 1 is 1.47 bits per heavy atom. The maximum absolute atomic E-state index is 11.1. The van der Waals surface area contributed by atoms with Crippen molar-refractivity contribution in [3.63, 3.8) is 0 Å². The molecule has 3 heteroatoms. The average Bonchev–Trinajstić information content (AvgIpc) is 2.33. The van der Waals surface area contributed by atoms with E-state index >= 15 is 0 Å². The summed E-state index contributed by atoms with van der Waals surface area (Å²) >= 11 is 0. The molecule has 0 aromatic carbocycles. The van der Waals surface area contributed by atoms with Crippen LogP contribution in [0.5, 0.6) is 0 Å². The Morgan fingerprint density at radius 3 is 3.00 bits per heavy atom. The zero-order chi connectivity index (χ0) is 12.5. The van der Waals surface area contributed by atoms with Crippen LogP contribution in [-0.2, 0) is 9.53 Å². The van der Waals surface area contributed by atoms with Crippen LogP contribution < -0.4 is 0 Å². The zero-order valence-corrected chi connectivity index (χ0v) is 10.7.